The molecule has 0 saturated carbocycles. The van der Waals surface area contributed by atoms with Gasteiger partial charge in [0.05, 0.1) is 12.2 Å². The van der Waals surface area contributed by atoms with Crippen molar-refractivity contribution in [2.75, 3.05) is 13.2 Å². The molecule has 0 fully saturated rings. The number of aryl methyl sites for hydroxylation is 1. The highest BCUT2D eigenvalue weighted by Crippen LogP contribution is 2.24. The molecule has 0 saturated heterocycles. The van der Waals surface area contributed by atoms with Crippen LogP contribution in [0.15, 0.2) is 42.5 Å². The number of hydrogen-bond acceptors (Lipinski definition) is 4. The number of carbonyl (C=O) groups is 2. The van der Waals surface area contributed by atoms with Gasteiger partial charge >= 0.3 is 5.97 Å². The lowest BCUT2D eigenvalue weighted by Crippen LogP contribution is -2.16. The molecule has 0 radical (unpaired) electrons. The molecule has 2 aromatic rings. The van der Waals surface area contributed by atoms with E-state index in [0.29, 0.717) is 21.9 Å². The Morgan fingerprint density at radius 2 is 1.75 bits per heavy atom. The molecule has 0 bridgehead atoms. The summed E-state index contributed by atoms with van der Waals surface area (Å²) in [5.41, 5.74) is 1.94. The smallest absolute Gasteiger partial charge is 0.344 e. The maximum Gasteiger partial charge on any atom is 0.344 e. The standard InChI is InChI=1S/C19H19ClO4/c1-3-13-5-10-17(24-12-18(21)23-4-2)16(11-13)19(22)14-6-8-15(20)9-7-14/h5-11H,3-4,12H2,1-2H3. The van der Waals surface area contributed by atoms with Crippen LogP contribution in [-0.2, 0) is 16.0 Å². The Kier molecular flexibility index (Phi) is 6.38. The molecule has 0 N–H and O–H groups in total. The fourth-order valence-corrected chi connectivity index (χ4v) is 2.32. The first-order chi connectivity index (χ1) is 11.5. The van der Waals surface area contributed by atoms with Gasteiger partial charge in [0.15, 0.2) is 12.4 Å². The monoisotopic (exact) mass is 346 g/mol. The molecule has 24 heavy (non-hydrogen) atoms. The summed E-state index contributed by atoms with van der Waals surface area (Å²) in [5.74, 6) is -0.289. The van der Waals surface area contributed by atoms with Crippen LogP contribution in [0.5, 0.6) is 5.75 Å². The molecule has 2 aromatic carbocycles. The van der Waals surface area contributed by atoms with E-state index in [-0.39, 0.29) is 19.0 Å². The second-order valence-corrected chi connectivity index (χ2v) is 5.55. The highest BCUT2D eigenvalue weighted by molar-refractivity contribution is 6.30. The van der Waals surface area contributed by atoms with Gasteiger partial charge in [-0.1, -0.05) is 24.6 Å². The van der Waals surface area contributed by atoms with Gasteiger partial charge in [-0.05, 0) is 55.3 Å². The van der Waals surface area contributed by atoms with Crippen molar-refractivity contribution in [1.82, 2.24) is 0 Å². The van der Waals surface area contributed by atoms with Crippen LogP contribution in [0.1, 0.15) is 35.3 Å². The summed E-state index contributed by atoms with van der Waals surface area (Å²) in [4.78, 5) is 24.3. The molecule has 0 heterocycles. The quantitative estimate of drug-likeness (QED) is 0.560. The maximum atomic E-state index is 12.8. The van der Waals surface area contributed by atoms with Crippen molar-refractivity contribution >= 4 is 23.4 Å². The van der Waals surface area contributed by atoms with Crippen molar-refractivity contribution in [1.29, 1.82) is 0 Å². The van der Waals surface area contributed by atoms with Crippen LogP contribution in [0, 0.1) is 0 Å². The second kappa shape index (κ2) is 8.50. The van der Waals surface area contributed by atoms with Crippen LogP contribution in [0.4, 0.5) is 0 Å². The van der Waals surface area contributed by atoms with Gasteiger partial charge in [-0.25, -0.2) is 4.79 Å². The van der Waals surface area contributed by atoms with Crippen LogP contribution >= 0.6 is 11.6 Å². The first kappa shape index (κ1) is 18.0. The van der Waals surface area contributed by atoms with Gasteiger partial charge < -0.3 is 9.47 Å². The van der Waals surface area contributed by atoms with E-state index < -0.39 is 5.97 Å². The van der Waals surface area contributed by atoms with E-state index in [2.05, 4.69) is 0 Å². The van der Waals surface area contributed by atoms with Crippen molar-refractivity contribution in [2.24, 2.45) is 0 Å². The summed E-state index contributed by atoms with van der Waals surface area (Å²) in [6, 6.07) is 12.0. The number of benzene rings is 2. The molecule has 0 spiro atoms. The van der Waals surface area contributed by atoms with E-state index in [1.165, 1.54) is 0 Å². The SMILES string of the molecule is CCOC(=O)COc1ccc(CC)cc1C(=O)c1ccc(Cl)cc1. The maximum absolute atomic E-state index is 12.8. The molecule has 0 unspecified atom stereocenters. The van der Waals surface area contributed by atoms with Gasteiger partial charge in [0.1, 0.15) is 5.75 Å². The molecule has 126 valence electrons. The average molecular weight is 347 g/mol. The molecule has 0 aliphatic rings. The summed E-state index contributed by atoms with van der Waals surface area (Å²) >= 11 is 5.87. The number of rotatable bonds is 7. The molecule has 0 atom stereocenters. The molecular weight excluding hydrogens is 328 g/mol. The normalized spacial score (nSPS) is 10.3. The fraction of sp³-hybridized carbons (Fsp3) is 0.263. The summed E-state index contributed by atoms with van der Waals surface area (Å²) in [5, 5.41) is 0.563. The number of ketones is 1. The van der Waals surface area contributed by atoms with Gasteiger partial charge in [-0.15, -0.1) is 0 Å². The highest BCUT2D eigenvalue weighted by atomic mass is 35.5. The van der Waals surface area contributed by atoms with Crippen LogP contribution < -0.4 is 4.74 Å². The van der Waals surface area contributed by atoms with E-state index in [1.54, 1.807) is 43.3 Å². The lowest BCUT2D eigenvalue weighted by atomic mass is 9.99. The fourth-order valence-electron chi connectivity index (χ4n) is 2.20. The van der Waals surface area contributed by atoms with Crippen molar-refractivity contribution in [2.45, 2.75) is 20.3 Å². The summed E-state index contributed by atoms with van der Waals surface area (Å²) < 4.78 is 10.3. The molecule has 0 amide bonds. The largest absolute Gasteiger partial charge is 0.481 e. The Morgan fingerprint density at radius 3 is 2.38 bits per heavy atom. The molecular formula is C19H19ClO4. The molecule has 5 heteroatoms. The summed E-state index contributed by atoms with van der Waals surface area (Å²) in [7, 11) is 0. The molecule has 0 aliphatic carbocycles. The number of halogens is 1. The number of ether oxygens (including phenoxy) is 2. The van der Waals surface area contributed by atoms with E-state index >= 15 is 0 Å². The Hall–Kier alpha value is -2.33. The Bertz CT molecular complexity index is 723. The minimum Gasteiger partial charge on any atom is -0.481 e. The van der Waals surface area contributed by atoms with Gasteiger partial charge in [0.2, 0.25) is 0 Å². The van der Waals surface area contributed by atoms with Crippen molar-refractivity contribution in [3.63, 3.8) is 0 Å². The van der Waals surface area contributed by atoms with E-state index in [4.69, 9.17) is 21.1 Å². The minimum absolute atomic E-state index is 0.180. The summed E-state index contributed by atoms with van der Waals surface area (Å²) in [6.45, 7) is 3.78. The van der Waals surface area contributed by atoms with E-state index in [9.17, 15) is 9.59 Å². The lowest BCUT2D eigenvalue weighted by Gasteiger charge is -2.12. The Morgan fingerprint density at radius 1 is 1.04 bits per heavy atom. The zero-order chi connectivity index (χ0) is 17.5. The highest BCUT2D eigenvalue weighted by Gasteiger charge is 2.16. The van der Waals surface area contributed by atoms with Crippen molar-refractivity contribution in [3.05, 3.63) is 64.2 Å². The van der Waals surface area contributed by atoms with Crippen molar-refractivity contribution < 1.29 is 19.1 Å². The van der Waals surface area contributed by atoms with Crippen LogP contribution in [0.2, 0.25) is 5.02 Å². The predicted octanol–water partition coefficient (Wildman–Crippen LogP) is 4.08. The van der Waals surface area contributed by atoms with Gasteiger partial charge in [-0.2, -0.15) is 0 Å². The van der Waals surface area contributed by atoms with Crippen LogP contribution in [0.3, 0.4) is 0 Å². The third-order valence-electron chi connectivity index (χ3n) is 3.45. The second-order valence-electron chi connectivity index (χ2n) is 5.11. The average Bonchev–Trinajstić information content (AvgIpc) is 2.60. The Labute approximate surface area is 146 Å². The molecule has 4 nitrogen and oxygen atoms in total. The first-order valence-electron chi connectivity index (χ1n) is 7.76. The zero-order valence-corrected chi connectivity index (χ0v) is 14.4. The van der Waals surface area contributed by atoms with E-state index in [0.717, 1.165) is 12.0 Å². The van der Waals surface area contributed by atoms with Gasteiger partial charge in [0, 0.05) is 10.6 Å². The number of esters is 1. The first-order valence-corrected chi connectivity index (χ1v) is 8.14. The number of hydrogen-bond donors (Lipinski definition) is 0. The lowest BCUT2D eigenvalue weighted by molar-refractivity contribution is -0.145. The zero-order valence-electron chi connectivity index (χ0n) is 13.7. The van der Waals surface area contributed by atoms with E-state index in [1.807, 2.05) is 13.0 Å². The third-order valence-corrected chi connectivity index (χ3v) is 3.71. The van der Waals surface area contributed by atoms with Crippen LogP contribution in [0.25, 0.3) is 0 Å². The Balaban J connectivity index is 2.29. The van der Waals surface area contributed by atoms with Gasteiger partial charge in [0.25, 0.3) is 0 Å². The molecule has 0 aromatic heterocycles. The third kappa shape index (κ3) is 4.59. The number of carbonyl (C=O) groups excluding carboxylic acids is 2. The van der Waals surface area contributed by atoms with Crippen molar-refractivity contribution in [3.8, 4) is 5.75 Å². The molecule has 0 aliphatic heterocycles. The summed E-state index contributed by atoms with van der Waals surface area (Å²) in [6.07, 6.45) is 0.791. The predicted molar refractivity (Wildman–Crippen MR) is 92.8 cm³/mol. The van der Waals surface area contributed by atoms with Crippen LogP contribution in [-0.4, -0.2) is 25.0 Å². The minimum atomic E-state index is -0.470. The van der Waals surface area contributed by atoms with Gasteiger partial charge in [-0.3, -0.25) is 4.79 Å². The topological polar surface area (TPSA) is 52.6 Å². The molecule has 2 rings (SSSR count).